The Bertz CT molecular complexity index is 1790. The lowest BCUT2D eigenvalue weighted by Crippen LogP contribution is -2.59. The second-order valence-corrected chi connectivity index (χ2v) is 14.4. The fraction of sp³-hybridized carbons (Fsp3) is 0.474. The van der Waals surface area contributed by atoms with Gasteiger partial charge in [-0.15, -0.1) is 0 Å². The number of carboxylic acid groups (broad SMARTS) is 1. The fourth-order valence-electron chi connectivity index (χ4n) is 6.21. The van der Waals surface area contributed by atoms with E-state index < -0.39 is 103 Å². The Balaban J connectivity index is 1.68. The Kier molecular flexibility index (Phi) is 17.4. The van der Waals surface area contributed by atoms with Gasteiger partial charge in [-0.2, -0.15) is 0 Å². The largest absolute Gasteiger partial charge is 0.508 e. The van der Waals surface area contributed by atoms with Crippen molar-refractivity contribution in [2.45, 2.75) is 88.6 Å². The molecule has 0 saturated carbocycles. The van der Waals surface area contributed by atoms with E-state index in [0.717, 1.165) is 0 Å². The number of rotatable bonds is 21. The topological polar surface area (TPSA) is 333 Å². The Morgan fingerprint density at radius 3 is 1.84 bits per heavy atom. The van der Waals surface area contributed by atoms with Crippen LogP contribution in [0.15, 0.2) is 48.5 Å². The highest BCUT2D eigenvalue weighted by atomic mass is 16.4. The Morgan fingerprint density at radius 1 is 0.759 bits per heavy atom. The van der Waals surface area contributed by atoms with Crippen molar-refractivity contribution in [3.05, 3.63) is 59.7 Å². The molecule has 58 heavy (non-hydrogen) atoms. The predicted octanol–water partition coefficient (Wildman–Crippen LogP) is -2.74. The molecule has 0 spiro atoms. The molecule has 13 N–H and O–H groups in total. The molecule has 2 aromatic carbocycles. The first kappa shape index (κ1) is 46.1. The summed E-state index contributed by atoms with van der Waals surface area (Å²) in [6, 6.07) is 3.91. The zero-order valence-electron chi connectivity index (χ0n) is 32.2. The van der Waals surface area contributed by atoms with Gasteiger partial charge in [0.2, 0.25) is 41.4 Å². The van der Waals surface area contributed by atoms with Crippen molar-refractivity contribution in [2.75, 3.05) is 19.7 Å². The Labute approximate surface area is 334 Å². The molecular formula is C38H52N8O12. The summed E-state index contributed by atoms with van der Waals surface area (Å²) in [6.07, 6.45) is 0.0492. The minimum Gasteiger partial charge on any atom is -0.508 e. The van der Waals surface area contributed by atoms with Gasteiger partial charge in [-0.25, -0.2) is 4.79 Å². The van der Waals surface area contributed by atoms with Crippen LogP contribution >= 0.6 is 0 Å². The smallest absolute Gasteiger partial charge is 0.326 e. The number of primary amides is 1. The number of aliphatic carboxylic acids is 1. The standard InChI is InChI=1S/C38H52N8O12/c1-20(2)14-26(34(53)44-28(38(57)58)17-31(40)50)42-32(51)18-41-33(52)27(16-22-7-11-24(49)12-8-22)43-35(54)29(19-47)45-36(55)30-4-3-13-46(30)37(56)25(39)15-21-5-9-23(48)10-6-21/h5-12,20,25-30,47-49H,3-4,13-19,39H2,1-2H3,(H2,40,50)(H,41,52)(H,42,51)(H,43,54)(H,44,53)(H,45,55)(H,57,58)/t25-,26-,27-,28-,29-,30-/m0/s1. The molecule has 1 fully saturated rings. The van der Waals surface area contributed by atoms with Crippen LogP contribution in [0.5, 0.6) is 11.5 Å². The number of likely N-dealkylation sites (tertiary alicyclic amines) is 1. The Morgan fingerprint density at radius 2 is 1.31 bits per heavy atom. The van der Waals surface area contributed by atoms with Crippen LogP contribution in [-0.2, 0) is 51.2 Å². The van der Waals surface area contributed by atoms with E-state index in [1.165, 1.54) is 41.3 Å². The first-order chi connectivity index (χ1) is 27.4. The van der Waals surface area contributed by atoms with Crippen molar-refractivity contribution in [1.29, 1.82) is 0 Å². The Hall–Kier alpha value is -6.28. The van der Waals surface area contributed by atoms with Crippen molar-refractivity contribution < 1.29 is 58.8 Å². The monoisotopic (exact) mass is 812 g/mol. The highest BCUT2D eigenvalue weighted by molar-refractivity contribution is 5.97. The van der Waals surface area contributed by atoms with E-state index in [4.69, 9.17) is 11.5 Å². The zero-order valence-corrected chi connectivity index (χ0v) is 32.2. The number of hydrogen-bond acceptors (Lipinski definition) is 12. The van der Waals surface area contributed by atoms with Crippen LogP contribution < -0.4 is 38.1 Å². The number of nitrogens with two attached hydrogens (primary N) is 2. The number of carbonyl (C=O) groups excluding carboxylic acids is 7. The summed E-state index contributed by atoms with van der Waals surface area (Å²) in [7, 11) is 0. The lowest BCUT2D eigenvalue weighted by molar-refractivity contribution is -0.143. The molecule has 2 aromatic rings. The lowest BCUT2D eigenvalue weighted by atomic mass is 10.0. The van der Waals surface area contributed by atoms with Crippen LogP contribution in [0.1, 0.15) is 50.7 Å². The number of aromatic hydroxyl groups is 2. The molecule has 1 saturated heterocycles. The first-order valence-corrected chi connectivity index (χ1v) is 18.6. The van der Waals surface area contributed by atoms with Crippen molar-refractivity contribution in [1.82, 2.24) is 31.5 Å². The van der Waals surface area contributed by atoms with E-state index in [0.29, 0.717) is 17.5 Å². The van der Waals surface area contributed by atoms with Gasteiger partial charge in [0.1, 0.15) is 41.7 Å². The van der Waals surface area contributed by atoms with Gasteiger partial charge in [-0.1, -0.05) is 38.1 Å². The van der Waals surface area contributed by atoms with E-state index >= 15 is 0 Å². The molecule has 1 heterocycles. The highest BCUT2D eigenvalue weighted by Gasteiger charge is 2.38. The summed E-state index contributed by atoms with van der Waals surface area (Å²) in [6.45, 7) is 2.11. The maximum Gasteiger partial charge on any atom is 0.326 e. The summed E-state index contributed by atoms with van der Waals surface area (Å²) in [5.41, 5.74) is 12.4. The van der Waals surface area contributed by atoms with E-state index in [1.54, 1.807) is 26.0 Å². The van der Waals surface area contributed by atoms with Crippen LogP contribution in [0.4, 0.5) is 0 Å². The predicted molar refractivity (Wildman–Crippen MR) is 205 cm³/mol. The molecule has 1 aliphatic heterocycles. The quantitative estimate of drug-likeness (QED) is 0.0610. The van der Waals surface area contributed by atoms with E-state index in [-0.39, 0.29) is 49.6 Å². The van der Waals surface area contributed by atoms with Gasteiger partial charge in [-0.05, 0) is 67.0 Å². The van der Waals surface area contributed by atoms with Gasteiger partial charge in [0.25, 0.3) is 0 Å². The molecule has 0 aliphatic carbocycles. The van der Waals surface area contributed by atoms with Crippen molar-refractivity contribution in [3.63, 3.8) is 0 Å². The summed E-state index contributed by atoms with van der Waals surface area (Å²) in [5.74, 6) is -7.54. The van der Waals surface area contributed by atoms with Crippen LogP contribution in [0.3, 0.4) is 0 Å². The number of hydrogen-bond donors (Lipinski definition) is 11. The molecule has 0 bridgehead atoms. The number of aliphatic hydroxyl groups excluding tert-OH is 1. The van der Waals surface area contributed by atoms with Gasteiger partial charge >= 0.3 is 5.97 Å². The maximum atomic E-state index is 13.5. The number of aliphatic hydroxyl groups is 1. The number of nitrogens with zero attached hydrogens (tertiary/aromatic N) is 1. The molecular weight excluding hydrogens is 760 g/mol. The average molecular weight is 813 g/mol. The SMILES string of the molecule is CC(C)C[C@H](NC(=O)CNC(=O)[C@H](Cc1ccc(O)cc1)NC(=O)[C@H](CO)NC(=O)[C@@H]1CCCN1C(=O)[C@@H](N)Cc1ccc(O)cc1)C(=O)N[C@@H](CC(N)=O)C(=O)O. The molecule has 7 amide bonds. The van der Waals surface area contributed by atoms with Gasteiger partial charge in [0.05, 0.1) is 25.6 Å². The second kappa shape index (κ2) is 21.9. The molecule has 0 radical (unpaired) electrons. The van der Waals surface area contributed by atoms with Crippen LogP contribution in [0, 0.1) is 5.92 Å². The van der Waals surface area contributed by atoms with Gasteiger partial charge in [0, 0.05) is 13.0 Å². The van der Waals surface area contributed by atoms with E-state index in [2.05, 4.69) is 26.6 Å². The number of phenols is 2. The summed E-state index contributed by atoms with van der Waals surface area (Å²) >= 11 is 0. The minimum atomic E-state index is -1.64. The molecule has 20 nitrogen and oxygen atoms in total. The maximum absolute atomic E-state index is 13.5. The van der Waals surface area contributed by atoms with Crippen LogP contribution in [0.25, 0.3) is 0 Å². The normalized spacial score (nSPS) is 16.2. The summed E-state index contributed by atoms with van der Waals surface area (Å²) in [5, 5.41) is 50.7. The molecule has 1 aliphatic rings. The third-order valence-corrected chi connectivity index (χ3v) is 9.17. The fourth-order valence-corrected chi connectivity index (χ4v) is 6.21. The third kappa shape index (κ3) is 14.3. The number of carbonyl (C=O) groups is 8. The molecule has 3 rings (SSSR count). The van der Waals surface area contributed by atoms with E-state index in [9.17, 15) is 58.8 Å². The minimum absolute atomic E-state index is 0.0477. The van der Waals surface area contributed by atoms with Crippen LogP contribution in [-0.4, -0.2) is 129 Å². The molecule has 6 atom stereocenters. The third-order valence-electron chi connectivity index (χ3n) is 9.17. The van der Waals surface area contributed by atoms with Gasteiger partial charge in [-0.3, -0.25) is 33.6 Å². The lowest BCUT2D eigenvalue weighted by Gasteiger charge is -2.28. The molecule has 316 valence electrons. The highest BCUT2D eigenvalue weighted by Crippen LogP contribution is 2.20. The number of carboxylic acids is 1. The average Bonchev–Trinajstić information content (AvgIpc) is 3.66. The summed E-state index contributed by atoms with van der Waals surface area (Å²) < 4.78 is 0. The van der Waals surface area contributed by atoms with Crippen molar-refractivity contribution in [3.8, 4) is 11.5 Å². The number of nitrogens with one attached hydrogen (secondary N) is 5. The number of amides is 7. The van der Waals surface area contributed by atoms with Gasteiger partial charge in [0.15, 0.2) is 0 Å². The number of phenolic OH excluding ortho intramolecular Hbond substituents is 2. The number of benzene rings is 2. The van der Waals surface area contributed by atoms with Gasteiger partial charge < -0.3 is 63.4 Å². The summed E-state index contributed by atoms with van der Waals surface area (Å²) in [4.78, 5) is 104. The second-order valence-electron chi connectivity index (χ2n) is 14.4. The molecule has 0 aromatic heterocycles. The van der Waals surface area contributed by atoms with Crippen molar-refractivity contribution >= 4 is 47.3 Å². The zero-order chi connectivity index (χ0) is 43.1. The van der Waals surface area contributed by atoms with Crippen molar-refractivity contribution in [2.24, 2.45) is 17.4 Å². The van der Waals surface area contributed by atoms with E-state index in [1.807, 2.05) is 0 Å². The van der Waals surface area contributed by atoms with Crippen LogP contribution in [0.2, 0.25) is 0 Å². The first-order valence-electron chi connectivity index (χ1n) is 18.6. The molecule has 20 heteroatoms. The molecule has 0 unspecified atom stereocenters.